The van der Waals surface area contributed by atoms with Crippen molar-refractivity contribution in [1.29, 1.82) is 0 Å². The van der Waals surface area contributed by atoms with Crippen LogP contribution in [-0.2, 0) is 19.1 Å². The Morgan fingerprint density at radius 3 is 2.23 bits per heavy atom. The summed E-state index contributed by atoms with van der Waals surface area (Å²) in [5.74, 6) is 2.62. The molecule has 2 saturated heterocycles. The molecule has 6 fully saturated rings. The molecule has 2 heterocycles. The van der Waals surface area contributed by atoms with Gasteiger partial charge in [0.2, 0.25) is 0 Å². The van der Waals surface area contributed by atoms with E-state index in [1.54, 1.807) is 6.92 Å². The lowest BCUT2D eigenvalue weighted by atomic mass is 9.44. The molecule has 10 atom stereocenters. The first kappa shape index (κ1) is 33.7. The fourth-order valence-corrected chi connectivity index (χ4v) is 11.9. The molecule has 6 rings (SSSR count). The van der Waals surface area contributed by atoms with Gasteiger partial charge >= 0.3 is 11.9 Å². The predicted molar refractivity (Wildman–Crippen MR) is 176 cm³/mol. The lowest BCUT2D eigenvalue weighted by molar-refractivity contribution is -0.935. The summed E-state index contributed by atoms with van der Waals surface area (Å²) in [6, 6.07) is 0.797. The molecule has 0 N–H and O–H groups in total. The first-order valence-electron chi connectivity index (χ1n) is 18.0. The van der Waals surface area contributed by atoms with Gasteiger partial charge in [-0.05, 0) is 126 Å². The molecular weight excluding hydrogens is 604 g/mol. The van der Waals surface area contributed by atoms with Crippen LogP contribution in [0.1, 0.15) is 124 Å². The maximum Gasteiger partial charge on any atom is 0.306 e. The highest BCUT2D eigenvalue weighted by Crippen LogP contribution is 2.67. The highest BCUT2D eigenvalue weighted by molar-refractivity contribution is 8.93. The average molecular weight is 667 g/mol. The number of ether oxygens (including phenoxy) is 2. The Balaban J connectivity index is 0.00000368. The summed E-state index contributed by atoms with van der Waals surface area (Å²) in [7, 11) is 2.50. The predicted octanol–water partition coefficient (Wildman–Crippen LogP) is 7.32. The molecule has 246 valence electrons. The number of rotatable bonds is 6. The van der Waals surface area contributed by atoms with Crippen LogP contribution in [0, 0.1) is 34.5 Å². The Morgan fingerprint density at radius 1 is 0.884 bits per heavy atom. The van der Waals surface area contributed by atoms with E-state index in [0.29, 0.717) is 41.7 Å². The summed E-state index contributed by atoms with van der Waals surface area (Å²) in [5.41, 5.74) is 0.372. The number of carbonyl (C=O) groups excluding carboxylic acids is 2. The molecular formula is C36H62BrN2O4+. The van der Waals surface area contributed by atoms with Gasteiger partial charge in [0.1, 0.15) is 12.1 Å². The van der Waals surface area contributed by atoms with Crippen molar-refractivity contribution in [3.63, 3.8) is 0 Å². The second kappa shape index (κ2) is 13.2. The maximum absolute atomic E-state index is 13.1. The molecule has 2 aliphatic heterocycles. The van der Waals surface area contributed by atoms with Crippen molar-refractivity contribution in [1.82, 2.24) is 4.90 Å². The van der Waals surface area contributed by atoms with Gasteiger partial charge in [-0.1, -0.05) is 20.8 Å². The second-order valence-electron chi connectivity index (χ2n) is 16.4. The van der Waals surface area contributed by atoms with Crippen molar-refractivity contribution in [2.45, 2.75) is 148 Å². The molecule has 0 bridgehead atoms. The Morgan fingerprint density at radius 2 is 1.58 bits per heavy atom. The van der Waals surface area contributed by atoms with E-state index in [0.717, 1.165) is 36.3 Å². The van der Waals surface area contributed by atoms with E-state index in [9.17, 15) is 9.59 Å². The van der Waals surface area contributed by atoms with Gasteiger partial charge in [-0.25, -0.2) is 0 Å². The van der Waals surface area contributed by atoms with Gasteiger partial charge in [0.15, 0.2) is 6.10 Å². The Kier molecular flexibility index (Phi) is 10.4. The third-order valence-corrected chi connectivity index (χ3v) is 14.1. The van der Waals surface area contributed by atoms with Crippen LogP contribution in [-0.4, -0.2) is 78.8 Å². The molecule has 6 aliphatic rings. The third-order valence-electron chi connectivity index (χ3n) is 14.1. The smallest absolute Gasteiger partial charge is 0.306 e. The molecule has 0 aromatic carbocycles. The standard InChI is InChI=1S/C36H61N2O4.BrH/c1-6-13-33(40)42-34-31(38(5)20-11-7-8-12-21-38)23-29-27-15-14-26-22-32(41-25(2)39)30(37-18-9-10-19-37)24-36(26,4)28(27)16-17-35(29,34)3;/h26-32,34H,6-24H2,1-5H3;1H/q+1;/t26?,27-,28-,29+,30?,31?,32?,34?,35+,36+;/m1./s1. The van der Waals surface area contributed by atoms with Crippen LogP contribution >= 0.6 is 17.0 Å². The van der Waals surface area contributed by atoms with Crippen molar-refractivity contribution in [3.05, 3.63) is 0 Å². The number of carbonyl (C=O) groups is 2. The fourth-order valence-electron chi connectivity index (χ4n) is 11.9. The maximum atomic E-state index is 13.1. The number of quaternary nitrogens is 1. The molecule has 0 aromatic rings. The van der Waals surface area contributed by atoms with E-state index < -0.39 is 0 Å². The highest BCUT2D eigenvalue weighted by atomic mass is 79.9. The van der Waals surface area contributed by atoms with Crippen LogP contribution in [0.3, 0.4) is 0 Å². The van der Waals surface area contributed by atoms with E-state index in [4.69, 9.17) is 9.47 Å². The van der Waals surface area contributed by atoms with Gasteiger partial charge in [0.05, 0.1) is 20.1 Å². The molecule has 0 radical (unpaired) electrons. The van der Waals surface area contributed by atoms with Gasteiger partial charge in [0.25, 0.3) is 0 Å². The largest absolute Gasteiger partial charge is 0.461 e. The Labute approximate surface area is 272 Å². The van der Waals surface area contributed by atoms with Gasteiger partial charge in [-0.3, -0.25) is 14.5 Å². The number of likely N-dealkylation sites (tertiary alicyclic amines) is 2. The van der Waals surface area contributed by atoms with E-state index in [1.807, 2.05) is 0 Å². The third kappa shape index (κ3) is 6.11. The Bertz CT molecular complexity index is 994. The summed E-state index contributed by atoms with van der Waals surface area (Å²) >= 11 is 0. The number of halogens is 1. The van der Waals surface area contributed by atoms with Crippen molar-refractivity contribution in [3.8, 4) is 0 Å². The number of hydrogen-bond acceptors (Lipinski definition) is 5. The minimum absolute atomic E-state index is 0. The van der Waals surface area contributed by atoms with Gasteiger partial charge < -0.3 is 14.0 Å². The molecule has 4 saturated carbocycles. The summed E-state index contributed by atoms with van der Waals surface area (Å²) in [5, 5.41) is 0. The van der Waals surface area contributed by atoms with E-state index in [2.05, 4.69) is 32.7 Å². The minimum Gasteiger partial charge on any atom is -0.461 e. The van der Waals surface area contributed by atoms with E-state index in [1.165, 1.54) is 90.1 Å². The van der Waals surface area contributed by atoms with Gasteiger partial charge in [-0.15, -0.1) is 17.0 Å². The van der Waals surface area contributed by atoms with Crippen molar-refractivity contribution in [2.75, 3.05) is 33.2 Å². The zero-order valence-electron chi connectivity index (χ0n) is 28.0. The van der Waals surface area contributed by atoms with Crippen molar-refractivity contribution >= 4 is 28.9 Å². The zero-order chi connectivity index (χ0) is 29.7. The molecule has 6 nitrogen and oxygen atoms in total. The molecule has 5 unspecified atom stereocenters. The molecule has 0 aromatic heterocycles. The van der Waals surface area contributed by atoms with E-state index in [-0.39, 0.29) is 46.5 Å². The van der Waals surface area contributed by atoms with Gasteiger partial charge in [0, 0.05) is 31.2 Å². The summed E-state index contributed by atoms with van der Waals surface area (Å²) in [4.78, 5) is 28.0. The lowest BCUT2D eigenvalue weighted by Crippen LogP contribution is -2.60. The van der Waals surface area contributed by atoms with E-state index >= 15 is 0 Å². The van der Waals surface area contributed by atoms with Crippen LogP contribution in [0.15, 0.2) is 0 Å². The highest BCUT2D eigenvalue weighted by Gasteiger charge is 2.67. The second-order valence-corrected chi connectivity index (χ2v) is 16.4. The minimum atomic E-state index is -0.110. The zero-order valence-corrected chi connectivity index (χ0v) is 29.7. The SMILES string of the molecule is Br.CCCC(=O)OC1C([N+]2(C)CCCCCC2)C[C@H]2[C@@H]3CCC4CC(OC(C)=O)C(N5CCCC5)C[C@]4(C)[C@@H]3CC[C@]12C. The van der Waals surface area contributed by atoms with Gasteiger partial charge in [-0.2, -0.15) is 0 Å². The number of likely N-dealkylation sites (N-methyl/N-ethyl adjacent to an activating group) is 1. The number of nitrogens with zero attached hydrogens (tertiary/aromatic N) is 2. The quantitative estimate of drug-likeness (QED) is 0.220. The van der Waals surface area contributed by atoms with Crippen LogP contribution in [0.2, 0.25) is 0 Å². The monoisotopic (exact) mass is 665 g/mol. The molecule has 4 aliphatic carbocycles. The van der Waals surface area contributed by atoms with Crippen molar-refractivity contribution < 1.29 is 23.5 Å². The van der Waals surface area contributed by atoms with Crippen LogP contribution in [0.25, 0.3) is 0 Å². The number of hydrogen-bond donors (Lipinski definition) is 0. The number of fused-ring (bicyclic) bond motifs is 5. The van der Waals surface area contributed by atoms with Crippen LogP contribution in [0.5, 0.6) is 0 Å². The topological polar surface area (TPSA) is 55.8 Å². The first-order valence-corrected chi connectivity index (χ1v) is 18.0. The van der Waals surface area contributed by atoms with Crippen LogP contribution < -0.4 is 0 Å². The molecule has 43 heavy (non-hydrogen) atoms. The summed E-state index contributed by atoms with van der Waals surface area (Å²) in [6.45, 7) is 13.6. The average Bonchev–Trinajstić information content (AvgIpc) is 3.51. The summed E-state index contributed by atoms with van der Waals surface area (Å²) in [6.07, 6.45) is 17.8. The number of esters is 2. The Hall–Kier alpha value is -0.660. The normalized spacial score (nSPS) is 44.2. The summed E-state index contributed by atoms with van der Waals surface area (Å²) < 4.78 is 13.8. The molecule has 0 spiro atoms. The first-order chi connectivity index (χ1) is 20.1. The lowest BCUT2D eigenvalue weighted by Gasteiger charge is -2.62. The molecule has 7 heteroatoms. The fraction of sp³-hybridized carbons (Fsp3) is 0.944. The molecule has 0 amide bonds. The van der Waals surface area contributed by atoms with Crippen LogP contribution in [0.4, 0.5) is 0 Å². The van der Waals surface area contributed by atoms with Crippen molar-refractivity contribution in [2.24, 2.45) is 34.5 Å².